The number of imidazole rings is 1. The zero-order valence-electron chi connectivity index (χ0n) is 17.8. The van der Waals surface area contributed by atoms with Crippen molar-refractivity contribution in [3.05, 3.63) is 98.5 Å². The maximum absolute atomic E-state index is 13.4. The lowest BCUT2D eigenvalue weighted by molar-refractivity contribution is 0.104. The number of aryl methyl sites for hydroxylation is 3. The number of benzene rings is 2. The molecule has 0 radical (unpaired) electrons. The van der Waals surface area contributed by atoms with Gasteiger partial charge in [0.1, 0.15) is 16.0 Å². The van der Waals surface area contributed by atoms with Gasteiger partial charge in [0.15, 0.2) is 0 Å². The van der Waals surface area contributed by atoms with Crippen LogP contribution in [0.5, 0.6) is 0 Å². The van der Waals surface area contributed by atoms with Gasteiger partial charge in [0.05, 0.1) is 9.73 Å². The summed E-state index contributed by atoms with van der Waals surface area (Å²) in [5.41, 5.74) is 7.08. The SMILES string of the molecule is Cc1cc(C)c2nc3c(C(=O)c4ccc(Br)cc4)sc(SCCc4ccccc4)c3n2c1. The van der Waals surface area contributed by atoms with E-state index in [0.717, 1.165) is 43.1 Å². The molecule has 0 atom stereocenters. The minimum absolute atomic E-state index is 0.0280. The van der Waals surface area contributed by atoms with Gasteiger partial charge in [0, 0.05) is 22.0 Å². The topological polar surface area (TPSA) is 34.4 Å². The fourth-order valence-electron chi connectivity index (χ4n) is 3.92. The number of aromatic nitrogens is 2. The van der Waals surface area contributed by atoms with Crippen LogP contribution in [0.2, 0.25) is 0 Å². The molecule has 0 amide bonds. The van der Waals surface area contributed by atoms with Crippen molar-refractivity contribution in [1.82, 2.24) is 9.38 Å². The number of hydrogen-bond acceptors (Lipinski definition) is 4. The smallest absolute Gasteiger partial charge is 0.205 e. The average Bonchev–Trinajstić information content (AvgIpc) is 3.33. The number of carbonyl (C=O) groups excluding carboxylic acids is 1. The summed E-state index contributed by atoms with van der Waals surface area (Å²) in [5.74, 6) is 0.976. The molecule has 0 bridgehead atoms. The number of carbonyl (C=O) groups is 1. The highest BCUT2D eigenvalue weighted by molar-refractivity contribution is 9.10. The summed E-state index contributed by atoms with van der Waals surface area (Å²) in [5, 5.41) is 0. The molecule has 0 fully saturated rings. The Hall–Kier alpha value is -2.41. The van der Waals surface area contributed by atoms with Crippen LogP contribution < -0.4 is 0 Å². The Morgan fingerprint density at radius 1 is 1.09 bits per heavy atom. The number of hydrogen-bond donors (Lipinski definition) is 0. The highest BCUT2D eigenvalue weighted by Gasteiger charge is 2.24. The second-order valence-electron chi connectivity index (χ2n) is 7.84. The number of thioether (sulfide) groups is 1. The number of nitrogens with zero attached hydrogens (tertiary/aromatic N) is 2. The summed E-state index contributed by atoms with van der Waals surface area (Å²) in [4.78, 5) is 19.1. The molecule has 3 aromatic heterocycles. The maximum atomic E-state index is 13.4. The largest absolute Gasteiger partial charge is 0.297 e. The third-order valence-corrected chi connectivity index (χ3v) is 8.38. The van der Waals surface area contributed by atoms with E-state index in [-0.39, 0.29) is 5.78 Å². The molecule has 0 N–H and O–H groups in total. The third-order valence-electron chi connectivity index (χ3n) is 5.42. The monoisotopic (exact) mass is 520 g/mol. The minimum atomic E-state index is 0.0280. The quantitative estimate of drug-likeness (QED) is 0.172. The third kappa shape index (κ3) is 4.03. The Morgan fingerprint density at radius 3 is 2.59 bits per heavy atom. The summed E-state index contributed by atoms with van der Waals surface area (Å²) in [7, 11) is 0. The van der Waals surface area contributed by atoms with Gasteiger partial charge in [-0.05, 0) is 61.2 Å². The highest BCUT2D eigenvalue weighted by Crippen LogP contribution is 2.40. The van der Waals surface area contributed by atoms with Gasteiger partial charge in [0.25, 0.3) is 0 Å². The number of thiophene rings is 1. The minimum Gasteiger partial charge on any atom is -0.297 e. The molecule has 0 aliphatic rings. The molecule has 0 saturated carbocycles. The second-order valence-corrected chi connectivity index (χ2v) is 11.1. The van der Waals surface area contributed by atoms with Crippen LogP contribution in [0, 0.1) is 13.8 Å². The molecular formula is C26H21BrN2OS2. The van der Waals surface area contributed by atoms with Crippen LogP contribution in [-0.4, -0.2) is 20.9 Å². The molecule has 0 aliphatic heterocycles. The summed E-state index contributed by atoms with van der Waals surface area (Å²) in [6.45, 7) is 4.18. The Morgan fingerprint density at radius 2 is 1.84 bits per heavy atom. The van der Waals surface area contributed by atoms with Gasteiger partial charge in [-0.1, -0.05) is 52.3 Å². The van der Waals surface area contributed by atoms with Crippen molar-refractivity contribution < 1.29 is 4.79 Å². The first-order valence-electron chi connectivity index (χ1n) is 10.4. The number of ketones is 1. The Balaban J connectivity index is 1.60. The van der Waals surface area contributed by atoms with Crippen molar-refractivity contribution in [1.29, 1.82) is 0 Å². The lowest BCUT2D eigenvalue weighted by atomic mass is 10.1. The maximum Gasteiger partial charge on any atom is 0.205 e. The van der Waals surface area contributed by atoms with E-state index in [4.69, 9.17) is 4.98 Å². The van der Waals surface area contributed by atoms with Crippen molar-refractivity contribution in [3.63, 3.8) is 0 Å². The molecule has 0 aliphatic carbocycles. The highest BCUT2D eigenvalue weighted by atomic mass is 79.9. The van der Waals surface area contributed by atoms with Gasteiger partial charge >= 0.3 is 0 Å². The predicted octanol–water partition coefficient (Wildman–Crippen LogP) is 7.49. The molecule has 3 nitrogen and oxygen atoms in total. The first kappa shape index (κ1) is 21.4. The Kier molecular flexibility index (Phi) is 5.93. The number of pyridine rings is 1. The molecule has 5 rings (SSSR count). The van der Waals surface area contributed by atoms with E-state index in [1.54, 1.807) is 11.3 Å². The van der Waals surface area contributed by atoms with E-state index in [0.29, 0.717) is 10.4 Å². The molecule has 160 valence electrons. The zero-order valence-corrected chi connectivity index (χ0v) is 21.0. The molecule has 5 aromatic rings. The summed E-state index contributed by atoms with van der Waals surface area (Å²) >= 11 is 6.83. The van der Waals surface area contributed by atoms with Crippen LogP contribution in [0.25, 0.3) is 16.7 Å². The van der Waals surface area contributed by atoms with Gasteiger partial charge < -0.3 is 0 Å². The molecular weight excluding hydrogens is 500 g/mol. The van der Waals surface area contributed by atoms with Gasteiger partial charge in [-0.15, -0.1) is 23.1 Å². The fourth-order valence-corrected chi connectivity index (χ4v) is 6.70. The van der Waals surface area contributed by atoms with E-state index >= 15 is 0 Å². The standard InChI is InChI=1S/C26H21BrN2OS2/c1-16-14-17(2)25-28-21-22(29(25)15-16)26(31-13-12-18-6-4-3-5-7-18)32-24(21)23(30)19-8-10-20(27)11-9-19/h3-11,14-15H,12-13H2,1-2H3. The van der Waals surface area contributed by atoms with Crippen molar-refractivity contribution in [2.75, 3.05) is 5.75 Å². The van der Waals surface area contributed by atoms with Crippen molar-refractivity contribution in [3.8, 4) is 0 Å². The van der Waals surface area contributed by atoms with Crippen LogP contribution in [-0.2, 0) is 6.42 Å². The summed E-state index contributed by atoms with van der Waals surface area (Å²) in [6.07, 6.45) is 3.11. The molecule has 0 spiro atoms. The van der Waals surface area contributed by atoms with Gasteiger partial charge in [-0.25, -0.2) is 4.98 Å². The lowest BCUT2D eigenvalue weighted by Gasteiger charge is -2.04. The molecule has 0 unspecified atom stereocenters. The van der Waals surface area contributed by atoms with E-state index in [2.05, 4.69) is 70.7 Å². The summed E-state index contributed by atoms with van der Waals surface area (Å²) < 4.78 is 4.27. The van der Waals surface area contributed by atoms with E-state index < -0.39 is 0 Å². The van der Waals surface area contributed by atoms with E-state index in [1.807, 2.05) is 42.1 Å². The molecule has 32 heavy (non-hydrogen) atoms. The lowest BCUT2D eigenvalue weighted by Crippen LogP contribution is -1.98. The second kappa shape index (κ2) is 8.85. The van der Waals surface area contributed by atoms with Crippen LogP contribution in [0.3, 0.4) is 0 Å². The zero-order chi connectivity index (χ0) is 22.2. The predicted molar refractivity (Wildman–Crippen MR) is 138 cm³/mol. The van der Waals surface area contributed by atoms with Crippen molar-refractivity contribution in [2.24, 2.45) is 0 Å². The van der Waals surface area contributed by atoms with Crippen LogP contribution in [0.1, 0.15) is 31.9 Å². The van der Waals surface area contributed by atoms with Crippen LogP contribution in [0.4, 0.5) is 0 Å². The molecule has 2 aromatic carbocycles. The van der Waals surface area contributed by atoms with Gasteiger partial charge in [-0.2, -0.15) is 0 Å². The average molecular weight is 522 g/mol. The molecule has 3 heterocycles. The summed E-state index contributed by atoms with van der Waals surface area (Å²) in [6, 6.07) is 20.2. The Labute approximate surface area is 203 Å². The van der Waals surface area contributed by atoms with Gasteiger partial charge in [-0.3, -0.25) is 9.20 Å². The molecule has 6 heteroatoms. The van der Waals surface area contributed by atoms with Gasteiger partial charge in [0.2, 0.25) is 5.78 Å². The Bertz CT molecular complexity index is 1440. The first-order chi connectivity index (χ1) is 15.5. The number of rotatable bonds is 6. The number of fused-ring (bicyclic) bond motifs is 3. The van der Waals surface area contributed by atoms with Crippen molar-refractivity contribution in [2.45, 2.75) is 24.5 Å². The van der Waals surface area contributed by atoms with E-state index in [1.165, 1.54) is 11.1 Å². The van der Waals surface area contributed by atoms with Crippen LogP contribution >= 0.6 is 39.0 Å². The van der Waals surface area contributed by atoms with E-state index in [9.17, 15) is 4.79 Å². The van der Waals surface area contributed by atoms with Crippen molar-refractivity contribution >= 4 is 61.5 Å². The first-order valence-corrected chi connectivity index (χ1v) is 13.0. The normalized spacial score (nSPS) is 11.5. The molecule has 0 saturated heterocycles. The van der Waals surface area contributed by atoms with Crippen LogP contribution in [0.15, 0.2) is 75.5 Å². The fraction of sp³-hybridized carbons (Fsp3) is 0.154. The number of halogens is 1.